The van der Waals surface area contributed by atoms with Crippen LogP contribution in [0.3, 0.4) is 0 Å². The molecule has 0 radical (unpaired) electrons. The second-order valence-corrected chi connectivity index (χ2v) is 8.26. The minimum atomic E-state index is -3.69. The maximum atomic E-state index is 12.7. The minimum Gasteiger partial charge on any atom is -0.492 e. The van der Waals surface area contributed by atoms with Crippen LogP contribution in [-0.2, 0) is 24.3 Å². The predicted molar refractivity (Wildman–Crippen MR) is 101 cm³/mol. The fourth-order valence-electron chi connectivity index (χ4n) is 3.08. The van der Waals surface area contributed by atoms with E-state index in [1.807, 2.05) is 0 Å². The number of piperidine rings is 1. The van der Waals surface area contributed by atoms with E-state index in [0.29, 0.717) is 44.0 Å². The maximum Gasteiger partial charge on any atom is 0.308 e. The molecule has 1 aliphatic heterocycles. The Hall–Kier alpha value is -2.29. The van der Waals surface area contributed by atoms with Crippen LogP contribution >= 0.6 is 0 Å². The number of amides is 1. The summed E-state index contributed by atoms with van der Waals surface area (Å²) in [5.74, 6) is -0.396. The molecule has 150 valence electrons. The van der Waals surface area contributed by atoms with Crippen LogP contribution in [0.25, 0.3) is 0 Å². The zero-order chi connectivity index (χ0) is 20.0. The number of sulfonamides is 1. The van der Waals surface area contributed by atoms with Gasteiger partial charge in [-0.1, -0.05) is 12.1 Å². The van der Waals surface area contributed by atoms with E-state index < -0.39 is 10.0 Å². The van der Waals surface area contributed by atoms with Crippen molar-refractivity contribution in [3.05, 3.63) is 24.3 Å². The van der Waals surface area contributed by atoms with Gasteiger partial charge in [0.15, 0.2) is 0 Å². The SMILES string of the molecule is CCOc1ccccc1N(CC(=O)N1CCC(C(=O)OC)CC1)S(C)(=O)=O. The summed E-state index contributed by atoms with van der Waals surface area (Å²) in [5, 5.41) is 0. The lowest BCUT2D eigenvalue weighted by Gasteiger charge is -2.32. The minimum absolute atomic E-state index is 0.219. The number of anilines is 1. The van der Waals surface area contributed by atoms with Crippen LogP contribution < -0.4 is 9.04 Å². The van der Waals surface area contributed by atoms with Crippen molar-refractivity contribution in [1.29, 1.82) is 0 Å². The monoisotopic (exact) mass is 398 g/mol. The zero-order valence-electron chi connectivity index (χ0n) is 15.9. The lowest BCUT2D eigenvalue weighted by atomic mass is 9.97. The van der Waals surface area contributed by atoms with Crippen LogP contribution in [0.1, 0.15) is 19.8 Å². The molecule has 0 spiro atoms. The number of nitrogens with zero attached hydrogens (tertiary/aromatic N) is 2. The number of methoxy groups -OCH3 is 1. The van der Waals surface area contributed by atoms with Crippen LogP contribution in [0, 0.1) is 5.92 Å². The lowest BCUT2D eigenvalue weighted by Crippen LogP contribution is -2.46. The van der Waals surface area contributed by atoms with E-state index in [2.05, 4.69) is 0 Å². The second-order valence-electron chi connectivity index (χ2n) is 6.35. The average Bonchev–Trinajstić information content (AvgIpc) is 2.65. The first-order valence-corrected chi connectivity index (χ1v) is 10.7. The number of esters is 1. The van der Waals surface area contributed by atoms with Crippen molar-refractivity contribution >= 4 is 27.6 Å². The number of carbonyl (C=O) groups excluding carboxylic acids is 2. The molecule has 8 nitrogen and oxygen atoms in total. The number of likely N-dealkylation sites (tertiary alicyclic amines) is 1. The number of rotatable bonds is 7. The van der Waals surface area contributed by atoms with Crippen molar-refractivity contribution in [2.24, 2.45) is 5.92 Å². The van der Waals surface area contributed by atoms with Crippen LogP contribution in [0.5, 0.6) is 5.75 Å². The van der Waals surface area contributed by atoms with E-state index in [-0.39, 0.29) is 24.3 Å². The van der Waals surface area contributed by atoms with Gasteiger partial charge in [0.25, 0.3) is 0 Å². The Bertz CT molecular complexity index is 772. The number of hydrogen-bond donors (Lipinski definition) is 0. The van der Waals surface area contributed by atoms with Gasteiger partial charge in [0, 0.05) is 13.1 Å². The molecule has 0 aromatic heterocycles. The topological polar surface area (TPSA) is 93.2 Å². The van der Waals surface area contributed by atoms with Crippen LogP contribution in [-0.4, -0.2) is 64.8 Å². The van der Waals surface area contributed by atoms with E-state index >= 15 is 0 Å². The van der Waals surface area contributed by atoms with Gasteiger partial charge in [-0.15, -0.1) is 0 Å². The first kappa shape index (κ1) is 21.0. The van der Waals surface area contributed by atoms with Gasteiger partial charge in [0.05, 0.1) is 31.6 Å². The summed E-state index contributed by atoms with van der Waals surface area (Å²) < 4.78 is 36.0. The molecule has 9 heteroatoms. The van der Waals surface area contributed by atoms with Crippen molar-refractivity contribution in [3.8, 4) is 5.75 Å². The van der Waals surface area contributed by atoms with Gasteiger partial charge in [0.1, 0.15) is 12.3 Å². The Labute approximate surface area is 160 Å². The summed E-state index contributed by atoms with van der Waals surface area (Å²) in [6.45, 7) is 2.65. The molecule has 2 rings (SSSR count). The summed E-state index contributed by atoms with van der Waals surface area (Å²) in [4.78, 5) is 25.9. The van der Waals surface area contributed by atoms with Crippen molar-refractivity contribution in [1.82, 2.24) is 4.90 Å². The molecule has 1 aliphatic rings. The van der Waals surface area contributed by atoms with E-state index in [0.717, 1.165) is 10.6 Å². The first-order valence-electron chi connectivity index (χ1n) is 8.83. The molecule has 0 unspecified atom stereocenters. The summed E-state index contributed by atoms with van der Waals surface area (Å²) in [6.07, 6.45) is 2.08. The number of benzene rings is 1. The molecule has 1 aromatic rings. The number of ether oxygens (including phenoxy) is 2. The molecular formula is C18H26N2O6S. The van der Waals surface area contributed by atoms with E-state index in [1.165, 1.54) is 7.11 Å². The molecular weight excluding hydrogens is 372 g/mol. The highest BCUT2D eigenvalue weighted by Gasteiger charge is 2.31. The summed E-state index contributed by atoms with van der Waals surface area (Å²) in [7, 11) is -2.34. The normalized spacial score (nSPS) is 15.3. The molecule has 1 aromatic carbocycles. The lowest BCUT2D eigenvalue weighted by molar-refractivity contribution is -0.148. The molecule has 1 fully saturated rings. The molecule has 0 N–H and O–H groups in total. The van der Waals surface area contributed by atoms with Crippen molar-refractivity contribution in [3.63, 3.8) is 0 Å². The van der Waals surface area contributed by atoms with Gasteiger partial charge < -0.3 is 14.4 Å². The van der Waals surface area contributed by atoms with Crippen molar-refractivity contribution in [2.45, 2.75) is 19.8 Å². The van der Waals surface area contributed by atoms with Crippen LogP contribution in [0.15, 0.2) is 24.3 Å². The molecule has 0 saturated carbocycles. The number of hydrogen-bond acceptors (Lipinski definition) is 6. The van der Waals surface area contributed by atoms with Crippen molar-refractivity contribution in [2.75, 3.05) is 43.9 Å². The van der Waals surface area contributed by atoms with E-state index in [9.17, 15) is 18.0 Å². The molecule has 1 saturated heterocycles. The van der Waals surface area contributed by atoms with E-state index in [4.69, 9.17) is 9.47 Å². The smallest absolute Gasteiger partial charge is 0.308 e. The fourth-order valence-corrected chi connectivity index (χ4v) is 3.93. The Morgan fingerprint density at radius 2 is 1.85 bits per heavy atom. The van der Waals surface area contributed by atoms with Gasteiger partial charge in [-0.3, -0.25) is 13.9 Å². The standard InChI is InChI=1S/C18H26N2O6S/c1-4-26-16-8-6-5-7-15(16)20(27(3,23)24)13-17(21)19-11-9-14(10-12-19)18(22)25-2/h5-8,14H,4,9-13H2,1-3H3. The van der Waals surface area contributed by atoms with E-state index in [1.54, 1.807) is 36.1 Å². The number of para-hydroxylation sites is 2. The Morgan fingerprint density at radius 3 is 2.41 bits per heavy atom. The third-order valence-electron chi connectivity index (χ3n) is 4.50. The molecule has 0 bridgehead atoms. The summed E-state index contributed by atoms with van der Waals surface area (Å²) in [6, 6.07) is 6.73. The summed E-state index contributed by atoms with van der Waals surface area (Å²) >= 11 is 0. The van der Waals surface area contributed by atoms with Gasteiger partial charge >= 0.3 is 5.97 Å². The Morgan fingerprint density at radius 1 is 1.22 bits per heavy atom. The third-order valence-corrected chi connectivity index (χ3v) is 5.62. The molecule has 27 heavy (non-hydrogen) atoms. The highest BCUT2D eigenvalue weighted by Crippen LogP contribution is 2.30. The van der Waals surface area contributed by atoms with Gasteiger partial charge in [-0.25, -0.2) is 8.42 Å². The van der Waals surface area contributed by atoms with Crippen LogP contribution in [0.4, 0.5) is 5.69 Å². The van der Waals surface area contributed by atoms with Gasteiger partial charge in [-0.05, 0) is 31.9 Å². The quantitative estimate of drug-likeness (QED) is 0.642. The molecule has 1 heterocycles. The molecule has 1 amide bonds. The highest BCUT2D eigenvalue weighted by atomic mass is 32.2. The largest absolute Gasteiger partial charge is 0.492 e. The van der Waals surface area contributed by atoms with Gasteiger partial charge in [0.2, 0.25) is 15.9 Å². The van der Waals surface area contributed by atoms with Crippen molar-refractivity contribution < 1.29 is 27.5 Å². The average molecular weight is 398 g/mol. The predicted octanol–water partition coefficient (Wildman–Crippen LogP) is 1.26. The van der Waals surface area contributed by atoms with Crippen LogP contribution in [0.2, 0.25) is 0 Å². The molecule has 0 atom stereocenters. The summed E-state index contributed by atoms with van der Waals surface area (Å²) in [5.41, 5.74) is 0.333. The third kappa shape index (κ3) is 5.35. The molecule has 0 aliphatic carbocycles. The Kier molecular flexibility index (Phi) is 7.06. The highest BCUT2D eigenvalue weighted by molar-refractivity contribution is 7.92. The van der Waals surface area contributed by atoms with Gasteiger partial charge in [-0.2, -0.15) is 0 Å². The zero-order valence-corrected chi connectivity index (χ0v) is 16.7. The maximum absolute atomic E-state index is 12.7. The number of carbonyl (C=O) groups is 2. The Balaban J connectivity index is 2.14. The first-order chi connectivity index (χ1) is 12.8. The fraction of sp³-hybridized carbons (Fsp3) is 0.556. The second kappa shape index (κ2) is 9.07.